The van der Waals surface area contributed by atoms with Gasteiger partial charge in [0, 0.05) is 24.2 Å². The van der Waals surface area contributed by atoms with Crippen LogP contribution in [0.4, 0.5) is 11.6 Å². The first kappa shape index (κ1) is 13.8. The smallest absolute Gasteiger partial charge is 0.249 e. The molecule has 1 aliphatic carbocycles. The fourth-order valence-electron chi connectivity index (χ4n) is 2.54. The SMILES string of the molecule is CNc1ccc(-c2cccc3nc(NC(=O)C4CC4)nn23)cc1. The van der Waals surface area contributed by atoms with Gasteiger partial charge in [-0.15, -0.1) is 5.10 Å². The van der Waals surface area contributed by atoms with Crippen molar-refractivity contribution < 1.29 is 4.79 Å². The van der Waals surface area contributed by atoms with E-state index in [-0.39, 0.29) is 11.8 Å². The lowest BCUT2D eigenvalue weighted by Crippen LogP contribution is -2.14. The number of rotatable bonds is 4. The van der Waals surface area contributed by atoms with Gasteiger partial charge in [0.15, 0.2) is 5.65 Å². The van der Waals surface area contributed by atoms with Gasteiger partial charge in [0.1, 0.15) is 0 Å². The molecule has 2 aromatic heterocycles. The monoisotopic (exact) mass is 307 g/mol. The van der Waals surface area contributed by atoms with Gasteiger partial charge in [0.05, 0.1) is 5.69 Å². The van der Waals surface area contributed by atoms with Gasteiger partial charge in [-0.3, -0.25) is 10.1 Å². The third-order valence-electron chi connectivity index (χ3n) is 4.01. The molecule has 0 atom stereocenters. The van der Waals surface area contributed by atoms with Gasteiger partial charge >= 0.3 is 0 Å². The van der Waals surface area contributed by atoms with Crippen LogP contribution in [0.5, 0.6) is 0 Å². The fraction of sp³-hybridized carbons (Fsp3) is 0.235. The first-order chi connectivity index (χ1) is 11.2. The molecule has 23 heavy (non-hydrogen) atoms. The van der Waals surface area contributed by atoms with Crippen molar-refractivity contribution in [2.75, 3.05) is 17.7 Å². The highest BCUT2D eigenvalue weighted by Gasteiger charge is 2.30. The van der Waals surface area contributed by atoms with Crippen LogP contribution < -0.4 is 10.6 Å². The zero-order valence-electron chi connectivity index (χ0n) is 12.8. The predicted octanol–water partition coefficient (Wildman–Crippen LogP) is 2.79. The molecule has 1 saturated carbocycles. The molecule has 3 aromatic rings. The lowest BCUT2D eigenvalue weighted by atomic mass is 10.1. The second-order valence-corrected chi connectivity index (χ2v) is 5.71. The molecule has 0 aliphatic heterocycles. The zero-order chi connectivity index (χ0) is 15.8. The van der Waals surface area contributed by atoms with E-state index in [0.717, 1.165) is 29.8 Å². The number of amides is 1. The Kier molecular flexibility index (Phi) is 3.22. The average Bonchev–Trinajstić information content (AvgIpc) is 3.35. The molecule has 0 spiro atoms. The van der Waals surface area contributed by atoms with Crippen molar-refractivity contribution in [2.45, 2.75) is 12.8 Å². The summed E-state index contributed by atoms with van der Waals surface area (Å²) in [6.45, 7) is 0. The lowest BCUT2D eigenvalue weighted by Gasteiger charge is -2.05. The minimum atomic E-state index is 0.0147. The Morgan fingerprint density at radius 1 is 1.17 bits per heavy atom. The molecule has 1 fully saturated rings. The Labute approximate surface area is 133 Å². The van der Waals surface area contributed by atoms with Gasteiger partial charge in [0.25, 0.3) is 0 Å². The molecule has 2 N–H and O–H groups in total. The largest absolute Gasteiger partial charge is 0.388 e. The van der Waals surface area contributed by atoms with E-state index in [4.69, 9.17) is 0 Å². The molecule has 1 amide bonds. The third kappa shape index (κ3) is 2.63. The fourth-order valence-corrected chi connectivity index (χ4v) is 2.54. The summed E-state index contributed by atoms with van der Waals surface area (Å²) in [5.41, 5.74) is 3.74. The number of fused-ring (bicyclic) bond motifs is 1. The number of hydrogen-bond donors (Lipinski definition) is 2. The second kappa shape index (κ2) is 5.39. The Hall–Kier alpha value is -2.89. The van der Waals surface area contributed by atoms with Crippen LogP contribution in [0.1, 0.15) is 12.8 Å². The number of nitrogens with one attached hydrogen (secondary N) is 2. The molecule has 6 nitrogen and oxygen atoms in total. The summed E-state index contributed by atoms with van der Waals surface area (Å²) in [5.74, 6) is 0.511. The zero-order valence-corrected chi connectivity index (χ0v) is 12.8. The number of pyridine rings is 1. The minimum Gasteiger partial charge on any atom is -0.388 e. The maximum absolute atomic E-state index is 11.9. The van der Waals surface area contributed by atoms with E-state index in [9.17, 15) is 4.79 Å². The van der Waals surface area contributed by atoms with Gasteiger partial charge in [-0.05, 0) is 37.1 Å². The van der Waals surface area contributed by atoms with E-state index in [1.54, 1.807) is 4.52 Å². The highest BCUT2D eigenvalue weighted by Crippen LogP contribution is 2.30. The number of nitrogens with zero attached hydrogens (tertiary/aromatic N) is 3. The van der Waals surface area contributed by atoms with Crippen molar-refractivity contribution in [2.24, 2.45) is 5.92 Å². The Morgan fingerprint density at radius 3 is 2.65 bits per heavy atom. The molecule has 0 bridgehead atoms. The summed E-state index contributed by atoms with van der Waals surface area (Å²) in [6.07, 6.45) is 1.92. The summed E-state index contributed by atoms with van der Waals surface area (Å²) in [5, 5.41) is 10.3. The highest BCUT2D eigenvalue weighted by molar-refractivity contribution is 5.92. The molecule has 2 heterocycles. The lowest BCUT2D eigenvalue weighted by molar-refractivity contribution is -0.117. The number of benzene rings is 1. The molecule has 1 aliphatic rings. The van der Waals surface area contributed by atoms with Crippen LogP contribution in [-0.2, 0) is 4.79 Å². The molecule has 1 aromatic carbocycles. The maximum Gasteiger partial charge on any atom is 0.249 e. The third-order valence-corrected chi connectivity index (χ3v) is 4.01. The van der Waals surface area contributed by atoms with Gasteiger partial charge in [0.2, 0.25) is 11.9 Å². The molecule has 0 unspecified atom stereocenters. The van der Waals surface area contributed by atoms with E-state index < -0.39 is 0 Å². The highest BCUT2D eigenvalue weighted by atomic mass is 16.2. The minimum absolute atomic E-state index is 0.0147. The number of anilines is 2. The molecule has 0 radical (unpaired) electrons. The topological polar surface area (TPSA) is 71.3 Å². The average molecular weight is 307 g/mol. The van der Waals surface area contributed by atoms with Crippen molar-refractivity contribution in [1.29, 1.82) is 0 Å². The van der Waals surface area contributed by atoms with E-state index in [2.05, 4.69) is 20.7 Å². The summed E-state index contributed by atoms with van der Waals surface area (Å²) < 4.78 is 1.76. The number of aromatic nitrogens is 3. The Balaban J connectivity index is 1.71. The molecular formula is C17H17N5O. The number of hydrogen-bond acceptors (Lipinski definition) is 4. The standard InChI is InChI=1S/C17H17N5O/c1-18-13-9-7-11(8-10-13)14-3-2-4-15-19-17(21-22(14)15)20-16(23)12-5-6-12/h2-4,7-10,12,18H,5-6H2,1H3,(H,20,21,23). The summed E-state index contributed by atoms with van der Waals surface area (Å²) in [6, 6.07) is 13.9. The quantitative estimate of drug-likeness (QED) is 0.777. The predicted molar refractivity (Wildman–Crippen MR) is 89.3 cm³/mol. The normalized spacial score (nSPS) is 14.0. The first-order valence-electron chi connectivity index (χ1n) is 7.69. The molecule has 6 heteroatoms. The van der Waals surface area contributed by atoms with E-state index >= 15 is 0 Å². The van der Waals surface area contributed by atoms with Crippen LogP contribution in [0.15, 0.2) is 42.5 Å². The number of carbonyl (C=O) groups is 1. The Morgan fingerprint density at radius 2 is 1.96 bits per heavy atom. The summed E-state index contributed by atoms with van der Waals surface area (Å²) in [4.78, 5) is 16.3. The van der Waals surface area contributed by atoms with Crippen molar-refractivity contribution >= 4 is 23.2 Å². The van der Waals surface area contributed by atoms with Crippen molar-refractivity contribution in [3.63, 3.8) is 0 Å². The van der Waals surface area contributed by atoms with Crippen molar-refractivity contribution in [1.82, 2.24) is 14.6 Å². The van der Waals surface area contributed by atoms with Crippen molar-refractivity contribution in [3.8, 4) is 11.3 Å². The molecular weight excluding hydrogens is 290 g/mol. The molecule has 4 rings (SSSR count). The van der Waals surface area contributed by atoms with Crippen LogP contribution in [0.3, 0.4) is 0 Å². The van der Waals surface area contributed by atoms with Crippen molar-refractivity contribution in [3.05, 3.63) is 42.5 Å². The van der Waals surface area contributed by atoms with Crippen LogP contribution in [0.2, 0.25) is 0 Å². The van der Waals surface area contributed by atoms with Gasteiger partial charge in [-0.2, -0.15) is 4.98 Å². The van der Waals surface area contributed by atoms with Crippen LogP contribution in [0, 0.1) is 5.92 Å². The summed E-state index contributed by atoms with van der Waals surface area (Å²) in [7, 11) is 1.89. The van der Waals surface area contributed by atoms with E-state index in [1.165, 1.54) is 0 Å². The van der Waals surface area contributed by atoms with Crippen LogP contribution >= 0.6 is 0 Å². The second-order valence-electron chi connectivity index (χ2n) is 5.71. The van der Waals surface area contributed by atoms with Crippen LogP contribution in [-0.4, -0.2) is 27.6 Å². The van der Waals surface area contributed by atoms with Crippen LogP contribution in [0.25, 0.3) is 16.9 Å². The van der Waals surface area contributed by atoms with Gasteiger partial charge < -0.3 is 5.32 Å². The molecule has 116 valence electrons. The van der Waals surface area contributed by atoms with Gasteiger partial charge in [-0.25, -0.2) is 4.52 Å². The van der Waals surface area contributed by atoms with E-state index in [1.807, 2.05) is 49.5 Å². The first-order valence-corrected chi connectivity index (χ1v) is 7.69. The molecule has 0 saturated heterocycles. The van der Waals surface area contributed by atoms with Gasteiger partial charge in [-0.1, -0.05) is 18.2 Å². The van der Waals surface area contributed by atoms with E-state index in [0.29, 0.717) is 11.6 Å². The maximum atomic E-state index is 11.9. The summed E-state index contributed by atoms with van der Waals surface area (Å²) >= 11 is 0. The Bertz CT molecular complexity index is 864. The number of carbonyl (C=O) groups excluding carboxylic acids is 1.